The first-order valence-corrected chi connectivity index (χ1v) is 13.5. The molecule has 206 valence electrons. The third-order valence-corrected chi connectivity index (χ3v) is 7.95. The number of carbonyl (C=O) groups excluding carboxylic acids is 3. The molecule has 0 spiro atoms. The van der Waals surface area contributed by atoms with Gasteiger partial charge in [0.1, 0.15) is 0 Å². The molecule has 0 saturated carbocycles. The van der Waals surface area contributed by atoms with Crippen LogP contribution in [0.1, 0.15) is 62.0 Å². The molecule has 1 N–H and O–H groups in total. The highest BCUT2D eigenvalue weighted by molar-refractivity contribution is 6.00. The van der Waals surface area contributed by atoms with Crippen molar-refractivity contribution >= 4 is 34.2 Å². The fraction of sp³-hybridized carbons (Fsp3) is 0.312. The standard InChI is InChI=1S/C32H34N4O4/c1-20-29(21(2)35(3)34-20)19-30(37)33-28-11-9-22(10-12-28)23-13-15-36(16-14-23)31(38)26-7-5-25-18-27(32(39)40-4)8-6-24(25)17-26/h5-12,17-18,23H,13-16,19H2,1-4H3,(H,33,37). The van der Waals surface area contributed by atoms with E-state index in [1.165, 1.54) is 12.7 Å². The first kappa shape index (κ1) is 27.1. The van der Waals surface area contributed by atoms with Gasteiger partial charge in [-0.3, -0.25) is 14.3 Å². The van der Waals surface area contributed by atoms with Crippen LogP contribution in [0.5, 0.6) is 0 Å². The van der Waals surface area contributed by atoms with Crippen molar-refractivity contribution in [2.45, 2.75) is 39.0 Å². The summed E-state index contributed by atoms with van der Waals surface area (Å²) in [4.78, 5) is 39.6. The second-order valence-corrected chi connectivity index (χ2v) is 10.5. The Morgan fingerprint density at radius 2 is 1.55 bits per heavy atom. The Morgan fingerprint density at radius 3 is 2.15 bits per heavy atom. The van der Waals surface area contributed by atoms with E-state index in [-0.39, 0.29) is 17.8 Å². The van der Waals surface area contributed by atoms with Gasteiger partial charge in [-0.25, -0.2) is 4.79 Å². The zero-order valence-electron chi connectivity index (χ0n) is 23.4. The molecule has 0 atom stereocenters. The first-order chi connectivity index (χ1) is 19.2. The number of hydrogen-bond acceptors (Lipinski definition) is 5. The minimum atomic E-state index is -0.379. The van der Waals surface area contributed by atoms with Crippen molar-refractivity contribution in [2.24, 2.45) is 7.05 Å². The predicted octanol–water partition coefficient (Wildman–Crippen LogP) is 5.18. The van der Waals surface area contributed by atoms with Crippen LogP contribution in [-0.2, 0) is 23.0 Å². The zero-order chi connectivity index (χ0) is 28.4. The molecular weight excluding hydrogens is 504 g/mol. The zero-order valence-corrected chi connectivity index (χ0v) is 23.4. The Hall–Kier alpha value is -4.46. The summed E-state index contributed by atoms with van der Waals surface area (Å²) in [6.07, 6.45) is 2.06. The van der Waals surface area contributed by atoms with Crippen molar-refractivity contribution in [1.82, 2.24) is 14.7 Å². The molecule has 1 saturated heterocycles. The molecule has 2 amide bonds. The molecule has 3 aromatic carbocycles. The van der Waals surface area contributed by atoms with Gasteiger partial charge in [0.15, 0.2) is 0 Å². The van der Waals surface area contributed by atoms with Crippen LogP contribution in [0.2, 0.25) is 0 Å². The number of aromatic nitrogens is 2. The maximum Gasteiger partial charge on any atom is 0.337 e. The van der Waals surface area contributed by atoms with E-state index in [0.29, 0.717) is 36.6 Å². The number of nitrogens with zero attached hydrogens (tertiary/aromatic N) is 3. The fourth-order valence-corrected chi connectivity index (χ4v) is 5.50. The minimum Gasteiger partial charge on any atom is -0.465 e. The second kappa shape index (κ2) is 11.3. The number of esters is 1. The lowest BCUT2D eigenvalue weighted by atomic mass is 9.89. The maximum absolute atomic E-state index is 13.2. The SMILES string of the molecule is COC(=O)c1ccc2cc(C(=O)N3CCC(c4ccc(NC(=O)Cc5c(C)nn(C)c5C)cc4)CC3)ccc2c1. The average Bonchev–Trinajstić information content (AvgIpc) is 3.21. The van der Waals surface area contributed by atoms with E-state index in [4.69, 9.17) is 4.74 Å². The number of anilines is 1. The highest BCUT2D eigenvalue weighted by Crippen LogP contribution is 2.30. The number of benzene rings is 3. The Kier molecular flexibility index (Phi) is 7.69. The number of methoxy groups -OCH3 is 1. The van der Waals surface area contributed by atoms with Crippen molar-refractivity contribution in [2.75, 3.05) is 25.5 Å². The van der Waals surface area contributed by atoms with Crippen LogP contribution in [0.4, 0.5) is 5.69 Å². The van der Waals surface area contributed by atoms with E-state index in [2.05, 4.69) is 22.5 Å². The van der Waals surface area contributed by atoms with Crippen molar-refractivity contribution < 1.29 is 19.1 Å². The summed E-state index contributed by atoms with van der Waals surface area (Å²) in [7, 11) is 3.25. The number of rotatable bonds is 6. The summed E-state index contributed by atoms with van der Waals surface area (Å²) in [6, 6.07) is 19.0. The van der Waals surface area contributed by atoms with Gasteiger partial charge in [0.2, 0.25) is 5.91 Å². The smallest absolute Gasteiger partial charge is 0.337 e. The molecule has 0 aliphatic carbocycles. The van der Waals surface area contributed by atoms with Crippen LogP contribution in [0.25, 0.3) is 10.8 Å². The lowest BCUT2D eigenvalue weighted by Crippen LogP contribution is -2.37. The molecule has 4 aromatic rings. The molecule has 0 bridgehead atoms. The number of likely N-dealkylation sites (tertiary alicyclic amines) is 1. The molecule has 1 fully saturated rings. The summed E-state index contributed by atoms with van der Waals surface area (Å²) < 4.78 is 6.60. The lowest BCUT2D eigenvalue weighted by Gasteiger charge is -2.32. The van der Waals surface area contributed by atoms with Gasteiger partial charge in [-0.05, 0) is 85.3 Å². The van der Waals surface area contributed by atoms with E-state index in [1.54, 1.807) is 16.8 Å². The van der Waals surface area contributed by atoms with Gasteiger partial charge < -0.3 is 15.0 Å². The van der Waals surface area contributed by atoms with Crippen LogP contribution in [0.3, 0.4) is 0 Å². The summed E-state index contributed by atoms with van der Waals surface area (Å²) in [5.74, 6) is -0.0518. The van der Waals surface area contributed by atoms with Gasteiger partial charge >= 0.3 is 5.97 Å². The second-order valence-electron chi connectivity index (χ2n) is 10.5. The van der Waals surface area contributed by atoms with Crippen molar-refractivity contribution in [1.29, 1.82) is 0 Å². The van der Waals surface area contributed by atoms with Gasteiger partial charge in [0, 0.05) is 42.6 Å². The summed E-state index contributed by atoms with van der Waals surface area (Å²) in [5, 5.41) is 9.18. The normalized spacial score (nSPS) is 13.8. The highest BCUT2D eigenvalue weighted by Gasteiger charge is 2.25. The number of fused-ring (bicyclic) bond motifs is 1. The van der Waals surface area contributed by atoms with Crippen LogP contribution < -0.4 is 5.32 Å². The molecule has 8 nitrogen and oxygen atoms in total. The van der Waals surface area contributed by atoms with Gasteiger partial charge in [-0.1, -0.05) is 24.3 Å². The van der Waals surface area contributed by atoms with Gasteiger partial charge in [-0.15, -0.1) is 0 Å². The van der Waals surface area contributed by atoms with Crippen molar-refractivity contribution in [3.05, 3.63) is 94.3 Å². The van der Waals surface area contributed by atoms with Crippen molar-refractivity contribution in [3.63, 3.8) is 0 Å². The topological polar surface area (TPSA) is 93.5 Å². The molecule has 8 heteroatoms. The third-order valence-electron chi connectivity index (χ3n) is 7.95. The molecule has 1 aromatic heterocycles. The lowest BCUT2D eigenvalue weighted by molar-refractivity contribution is -0.115. The predicted molar refractivity (Wildman–Crippen MR) is 155 cm³/mol. The number of piperidine rings is 1. The van der Waals surface area contributed by atoms with E-state index in [0.717, 1.165) is 46.3 Å². The van der Waals surface area contributed by atoms with Gasteiger partial charge in [-0.2, -0.15) is 5.10 Å². The molecular formula is C32H34N4O4. The third kappa shape index (κ3) is 5.61. The first-order valence-electron chi connectivity index (χ1n) is 13.5. The molecule has 0 unspecified atom stereocenters. The number of aryl methyl sites for hydroxylation is 2. The quantitative estimate of drug-likeness (QED) is 0.342. The number of carbonyl (C=O) groups is 3. The van der Waals surface area contributed by atoms with E-state index in [1.807, 2.05) is 62.2 Å². The van der Waals surface area contributed by atoms with Gasteiger partial charge in [0.05, 0.1) is 24.8 Å². The maximum atomic E-state index is 13.2. The van der Waals surface area contributed by atoms with Crippen LogP contribution >= 0.6 is 0 Å². The summed E-state index contributed by atoms with van der Waals surface area (Å²) >= 11 is 0. The Balaban J connectivity index is 1.16. The fourth-order valence-electron chi connectivity index (χ4n) is 5.50. The van der Waals surface area contributed by atoms with E-state index < -0.39 is 0 Å². The van der Waals surface area contributed by atoms with Crippen LogP contribution in [0.15, 0.2) is 60.7 Å². The number of ether oxygens (including phenoxy) is 1. The van der Waals surface area contributed by atoms with Crippen molar-refractivity contribution in [3.8, 4) is 0 Å². The van der Waals surface area contributed by atoms with Crippen LogP contribution in [0, 0.1) is 13.8 Å². The van der Waals surface area contributed by atoms with Crippen LogP contribution in [-0.4, -0.2) is 52.7 Å². The van der Waals surface area contributed by atoms with Gasteiger partial charge in [0.25, 0.3) is 5.91 Å². The molecule has 5 rings (SSSR count). The molecule has 40 heavy (non-hydrogen) atoms. The minimum absolute atomic E-state index is 0.0227. The van der Waals surface area contributed by atoms with E-state index >= 15 is 0 Å². The molecule has 2 heterocycles. The van der Waals surface area contributed by atoms with E-state index in [9.17, 15) is 14.4 Å². The average molecular weight is 539 g/mol. The largest absolute Gasteiger partial charge is 0.465 e. The molecule has 1 aliphatic heterocycles. The summed E-state index contributed by atoms with van der Waals surface area (Å²) in [5.41, 5.74) is 5.98. The number of amides is 2. The Labute approximate surface area is 233 Å². The number of nitrogens with one attached hydrogen (secondary N) is 1. The Morgan fingerprint density at radius 1 is 0.925 bits per heavy atom. The molecule has 1 aliphatic rings. The number of hydrogen-bond donors (Lipinski definition) is 1. The molecule has 0 radical (unpaired) electrons. The Bertz CT molecular complexity index is 1580. The summed E-state index contributed by atoms with van der Waals surface area (Å²) in [6.45, 7) is 5.27. The monoisotopic (exact) mass is 538 g/mol. The highest BCUT2D eigenvalue weighted by atomic mass is 16.5.